The topological polar surface area (TPSA) is 84.5 Å². The molecule has 0 bridgehead atoms. The number of nitrogens with one attached hydrogen (secondary N) is 2. The van der Waals surface area contributed by atoms with Crippen LogP contribution in [0.25, 0.3) is 0 Å². The highest BCUT2D eigenvalue weighted by Crippen LogP contribution is 2.23. The lowest BCUT2D eigenvalue weighted by Gasteiger charge is -2.13. The lowest BCUT2D eigenvalue weighted by Crippen LogP contribution is -2.17. The van der Waals surface area contributed by atoms with Crippen LogP contribution >= 0.6 is 0 Å². The number of hydrogen-bond acceptors (Lipinski definition) is 4. The highest BCUT2D eigenvalue weighted by atomic mass is 32.2. The first-order chi connectivity index (χ1) is 14.3. The molecule has 0 aromatic heterocycles. The van der Waals surface area contributed by atoms with Crippen LogP contribution < -0.4 is 14.8 Å². The van der Waals surface area contributed by atoms with Gasteiger partial charge in [-0.2, -0.15) is 0 Å². The van der Waals surface area contributed by atoms with Crippen LogP contribution in [0.15, 0.2) is 71.6 Å². The van der Waals surface area contributed by atoms with Crippen LogP contribution in [-0.4, -0.2) is 20.9 Å². The van der Waals surface area contributed by atoms with Crippen LogP contribution in [0.1, 0.15) is 22.8 Å². The number of ether oxygens (including phenoxy) is 1. The highest BCUT2D eigenvalue weighted by molar-refractivity contribution is 7.92. The number of amides is 1. The van der Waals surface area contributed by atoms with Gasteiger partial charge in [-0.1, -0.05) is 12.1 Å². The van der Waals surface area contributed by atoms with Crippen molar-refractivity contribution in [1.82, 2.24) is 0 Å². The van der Waals surface area contributed by atoms with Crippen molar-refractivity contribution in [3.63, 3.8) is 0 Å². The summed E-state index contributed by atoms with van der Waals surface area (Å²) < 4.78 is 46.9. The molecule has 0 aliphatic carbocycles. The molecule has 3 aromatic carbocycles. The average molecular weight is 428 g/mol. The molecule has 0 fully saturated rings. The Hall–Kier alpha value is -3.39. The zero-order valence-corrected chi connectivity index (χ0v) is 17.3. The smallest absolute Gasteiger partial charge is 0.262 e. The van der Waals surface area contributed by atoms with E-state index in [0.717, 1.165) is 0 Å². The van der Waals surface area contributed by atoms with Gasteiger partial charge < -0.3 is 10.1 Å². The van der Waals surface area contributed by atoms with E-state index in [4.69, 9.17) is 4.74 Å². The molecular formula is C22H21FN2O4S. The largest absolute Gasteiger partial charge is 0.494 e. The molecule has 156 valence electrons. The van der Waals surface area contributed by atoms with E-state index in [0.29, 0.717) is 23.6 Å². The van der Waals surface area contributed by atoms with Gasteiger partial charge >= 0.3 is 0 Å². The normalized spacial score (nSPS) is 11.0. The van der Waals surface area contributed by atoms with Crippen LogP contribution in [0.4, 0.5) is 15.8 Å². The maximum absolute atomic E-state index is 13.3. The van der Waals surface area contributed by atoms with Crippen molar-refractivity contribution in [3.05, 3.63) is 83.7 Å². The number of aryl methyl sites for hydroxylation is 1. The number of sulfonamides is 1. The number of halogens is 1. The molecule has 30 heavy (non-hydrogen) atoms. The summed E-state index contributed by atoms with van der Waals surface area (Å²) in [4.78, 5) is 12.5. The molecule has 2 N–H and O–H groups in total. The maximum Gasteiger partial charge on any atom is 0.262 e. The van der Waals surface area contributed by atoms with Gasteiger partial charge in [-0.3, -0.25) is 9.52 Å². The lowest BCUT2D eigenvalue weighted by molar-refractivity contribution is 0.102. The Morgan fingerprint density at radius 2 is 1.73 bits per heavy atom. The second-order valence-corrected chi connectivity index (χ2v) is 8.16. The quantitative estimate of drug-likeness (QED) is 0.577. The van der Waals surface area contributed by atoms with E-state index in [1.54, 1.807) is 43.3 Å². The first-order valence-corrected chi connectivity index (χ1v) is 10.7. The van der Waals surface area contributed by atoms with Gasteiger partial charge in [-0.15, -0.1) is 0 Å². The van der Waals surface area contributed by atoms with Gasteiger partial charge in [0, 0.05) is 16.9 Å². The van der Waals surface area contributed by atoms with Crippen molar-refractivity contribution in [2.24, 2.45) is 0 Å². The summed E-state index contributed by atoms with van der Waals surface area (Å²) in [6.45, 7) is 4.01. The minimum atomic E-state index is -3.94. The fourth-order valence-electron chi connectivity index (χ4n) is 2.80. The molecule has 3 aromatic rings. The van der Waals surface area contributed by atoms with E-state index in [2.05, 4.69) is 10.0 Å². The lowest BCUT2D eigenvalue weighted by atomic mass is 10.1. The van der Waals surface area contributed by atoms with Gasteiger partial charge in [0.2, 0.25) is 0 Å². The monoisotopic (exact) mass is 428 g/mol. The molecule has 1 amide bonds. The Morgan fingerprint density at radius 3 is 2.40 bits per heavy atom. The number of carbonyl (C=O) groups is 1. The van der Waals surface area contributed by atoms with E-state index in [1.165, 1.54) is 30.3 Å². The zero-order valence-electron chi connectivity index (χ0n) is 16.5. The van der Waals surface area contributed by atoms with Crippen LogP contribution in [0.5, 0.6) is 5.75 Å². The summed E-state index contributed by atoms with van der Waals surface area (Å²) in [6, 6.07) is 16.3. The summed E-state index contributed by atoms with van der Waals surface area (Å²) in [5.74, 6) is -0.398. The minimum Gasteiger partial charge on any atom is -0.494 e. The van der Waals surface area contributed by atoms with Crippen LogP contribution in [0.3, 0.4) is 0 Å². The maximum atomic E-state index is 13.3. The van der Waals surface area contributed by atoms with Crippen molar-refractivity contribution < 1.29 is 22.3 Å². The fraction of sp³-hybridized carbons (Fsp3) is 0.136. The third-order valence-electron chi connectivity index (χ3n) is 4.24. The summed E-state index contributed by atoms with van der Waals surface area (Å²) in [5.41, 5.74) is 1.26. The molecule has 0 saturated carbocycles. The SMILES string of the molecule is CCOc1ccc(NS(=O)(=O)c2cc(C(=O)Nc3cccc(F)c3)ccc2C)cc1. The molecule has 0 atom stereocenters. The van der Waals surface area contributed by atoms with Crippen LogP contribution in [0, 0.1) is 12.7 Å². The molecule has 0 unspecified atom stereocenters. The Balaban J connectivity index is 1.83. The van der Waals surface area contributed by atoms with Gasteiger partial charge in [0.15, 0.2) is 0 Å². The Kier molecular flexibility index (Phi) is 6.37. The minimum absolute atomic E-state index is 0.0247. The van der Waals surface area contributed by atoms with Crippen LogP contribution in [0.2, 0.25) is 0 Å². The first-order valence-electron chi connectivity index (χ1n) is 9.22. The summed E-state index contributed by atoms with van der Waals surface area (Å²) in [5, 5.41) is 2.56. The Bertz CT molecular complexity index is 1160. The molecule has 0 saturated heterocycles. The zero-order chi connectivity index (χ0) is 21.7. The molecule has 0 aliphatic heterocycles. The molecule has 0 radical (unpaired) electrons. The molecule has 0 spiro atoms. The molecule has 8 heteroatoms. The molecule has 0 heterocycles. The summed E-state index contributed by atoms with van der Waals surface area (Å²) in [7, 11) is -3.94. The fourth-order valence-corrected chi connectivity index (χ4v) is 4.13. The van der Waals surface area contributed by atoms with Gasteiger partial charge in [0.05, 0.1) is 11.5 Å². The van der Waals surface area contributed by atoms with Crippen molar-refractivity contribution in [1.29, 1.82) is 0 Å². The third-order valence-corrected chi connectivity index (χ3v) is 5.76. The van der Waals surface area contributed by atoms with Crippen molar-refractivity contribution in [3.8, 4) is 5.75 Å². The molecular weight excluding hydrogens is 407 g/mol. The van der Waals surface area contributed by atoms with E-state index in [1.807, 2.05) is 6.92 Å². The number of hydrogen-bond donors (Lipinski definition) is 2. The van der Waals surface area contributed by atoms with Crippen molar-refractivity contribution in [2.45, 2.75) is 18.7 Å². The van der Waals surface area contributed by atoms with Crippen molar-refractivity contribution in [2.75, 3.05) is 16.6 Å². The number of rotatable bonds is 7. The van der Waals surface area contributed by atoms with Gasteiger partial charge in [-0.25, -0.2) is 12.8 Å². The molecule has 6 nitrogen and oxygen atoms in total. The number of anilines is 2. The first kappa shape index (κ1) is 21.3. The third kappa shape index (κ3) is 5.15. The predicted molar refractivity (Wildman–Crippen MR) is 114 cm³/mol. The van der Waals surface area contributed by atoms with E-state index >= 15 is 0 Å². The van der Waals surface area contributed by atoms with E-state index < -0.39 is 21.7 Å². The molecule has 3 rings (SSSR count). The number of benzene rings is 3. The predicted octanol–water partition coefficient (Wildman–Crippen LogP) is 4.59. The van der Waals surface area contributed by atoms with E-state index in [-0.39, 0.29) is 16.1 Å². The second kappa shape index (κ2) is 8.96. The van der Waals surface area contributed by atoms with Crippen molar-refractivity contribution >= 4 is 27.3 Å². The summed E-state index contributed by atoms with van der Waals surface area (Å²) >= 11 is 0. The standard InChI is InChI=1S/C22H21FN2O4S/c1-3-29-20-11-9-18(10-12-20)25-30(27,28)21-13-16(8-7-15(21)2)22(26)24-19-6-4-5-17(23)14-19/h4-14,25H,3H2,1-2H3,(H,24,26). The Labute approximate surface area is 174 Å². The molecule has 0 aliphatic rings. The van der Waals surface area contributed by atoms with Gasteiger partial charge in [0.25, 0.3) is 15.9 Å². The van der Waals surface area contributed by atoms with Gasteiger partial charge in [0.1, 0.15) is 11.6 Å². The van der Waals surface area contributed by atoms with Crippen LogP contribution in [-0.2, 0) is 10.0 Å². The average Bonchev–Trinajstić information content (AvgIpc) is 2.69. The summed E-state index contributed by atoms with van der Waals surface area (Å²) in [6.07, 6.45) is 0. The van der Waals surface area contributed by atoms with E-state index in [9.17, 15) is 17.6 Å². The second-order valence-electron chi connectivity index (χ2n) is 6.51. The van der Waals surface area contributed by atoms with Gasteiger partial charge in [-0.05, 0) is 74.0 Å². The Morgan fingerprint density at radius 1 is 1.00 bits per heavy atom. The highest BCUT2D eigenvalue weighted by Gasteiger charge is 2.19. The number of carbonyl (C=O) groups excluding carboxylic acids is 1.